The van der Waals surface area contributed by atoms with Crippen LogP contribution in [0.15, 0.2) is 66.2 Å². The van der Waals surface area contributed by atoms with Gasteiger partial charge in [-0.3, -0.25) is 4.79 Å². The monoisotopic (exact) mass is 275 g/mol. The smallest absolute Gasteiger partial charge is 0.152 e. The third-order valence-electron chi connectivity index (χ3n) is 1.87. The van der Waals surface area contributed by atoms with E-state index in [1.807, 2.05) is 27.7 Å². The molecule has 0 spiro atoms. The van der Waals surface area contributed by atoms with Gasteiger partial charge in [-0.05, 0) is 31.2 Å². The van der Waals surface area contributed by atoms with Crippen molar-refractivity contribution in [3.8, 4) is 0 Å². The highest BCUT2D eigenvalue weighted by molar-refractivity contribution is 6.10. The molecule has 0 radical (unpaired) electrons. The minimum absolute atomic E-state index is 0.0610. The molecule has 20 heavy (non-hydrogen) atoms. The van der Waals surface area contributed by atoms with Crippen LogP contribution in [0.25, 0.3) is 0 Å². The Labute approximate surface area is 122 Å². The summed E-state index contributed by atoms with van der Waals surface area (Å²) < 4.78 is 5.39. The molecule has 3 nitrogen and oxygen atoms in total. The Kier molecular flexibility index (Phi) is 12.0. The van der Waals surface area contributed by atoms with Gasteiger partial charge in [0.1, 0.15) is 17.2 Å². The van der Waals surface area contributed by atoms with Crippen LogP contribution in [0.2, 0.25) is 0 Å². The summed E-state index contributed by atoms with van der Waals surface area (Å²) in [6.45, 7) is 20.4. The Morgan fingerprint density at radius 3 is 2.10 bits per heavy atom. The average molecular weight is 275 g/mol. The van der Waals surface area contributed by atoms with Crippen LogP contribution in [0.5, 0.6) is 0 Å². The van der Waals surface area contributed by atoms with Crippen LogP contribution in [0, 0.1) is 0 Å². The summed E-state index contributed by atoms with van der Waals surface area (Å²) >= 11 is 0. The molecule has 0 aromatic heterocycles. The zero-order chi connectivity index (χ0) is 16.1. The number of carbonyl (C=O) groups excluding carboxylic acids is 1. The van der Waals surface area contributed by atoms with E-state index >= 15 is 0 Å². The number of ketones is 1. The van der Waals surface area contributed by atoms with Gasteiger partial charge in [-0.1, -0.05) is 47.4 Å². The number of hydrogen-bond acceptors (Lipinski definition) is 3. The fraction of sp³-hybridized carbons (Fsp3) is 0.294. The second kappa shape index (κ2) is 11.9. The van der Waals surface area contributed by atoms with Gasteiger partial charge in [0.05, 0.1) is 0 Å². The standard InChI is InChI=1S/C13H13NO2.2C2H6/c1-5-11-13(6-2)16-10(4)12(14-11)8-7-9(3)15;2*1-2/h5-8H,1-2,4H2,3H3;2*1-2H3/b8-7-;;. The number of ether oxygens (including phenoxy) is 1. The van der Waals surface area contributed by atoms with Crippen molar-refractivity contribution in [2.75, 3.05) is 0 Å². The normalized spacial score (nSPS) is 13.2. The van der Waals surface area contributed by atoms with Crippen LogP contribution in [-0.4, -0.2) is 11.5 Å². The fourth-order valence-electron chi connectivity index (χ4n) is 1.10. The van der Waals surface area contributed by atoms with Gasteiger partial charge in [0.25, 0.3) is 0 Å². The van der Waals surface area contributed by atoms with Gasteiger partial charge in [0, 0.05) is 0 Å². The number of aliphatic imine (C=N–C) groups is 1. The molecule has 0 atom stereocenters. The largest absolute Gasteiger partial charge is 0.453 e. The van der Waals surface area contributed by atoms with E-state index in [1.54, 1.807) is 12.2 Å². The predicted molar refractivity (Wildman–Crippen MR) is 87.6 cm³/mol. The molecule has 3 heteroatoms. The van der Waals surface area contributed by atoms with Crippen molar-refractivity contribution in [1.82, 2.24) is 0 Å². The molecule has 0 aromatic rings. The van der Waals surface area contributed by atoms with Crippen molar-refractivity contribution in [3.05, 3.63) is 61.3 Å². The summed E-state index contributed by atoms with van der Waals surface area (Å²) in [7, 11) is 0. The quantitative estimate of drug-likeness (QED) is 0.694. The molecule has 0 saturated carbocycles. The lowest BCUT2D eigenvalue weighted by molar-refractivity contribution is -0.112. The highest BCUT2D eigenvalue weighted by atomic mass is 16.5. The van der Waals surface area contributed by atoms with Gasteiger partial charge in [-0.25, -0.2) is 4.99 Å². The lowest BCUT2D eigenvalue weighted by atomic mass is 10.2. The van der Waals surface area contributed by atoms with Crippen LogP contribution in [0.4, 0.5) is 0 Å². The predicted octanol–water partition coefficient (Wildman–Crippen LogP) is 4.75. The van der Waals surface area contributed by atoms with Crippen LogP contribution in [-0.2, 0) is 9.53 Å². The minimum atomic E-state index is -0.0610. The number of rotatable bonds is 4. The molecule has 0 aliphatic carbocycles. The Bertz CT molecular complexity index is 452. The van der Waals surface area contributed by atoms with Crippen molar-refractivity contribution >= 4 is 11.5 Å². The second-order valence-electron chi connectivity index (χ2n) is 3.12. The highest BCUT2D eigenvalue weighted by Gasteiger charge is 2.14. The fourth-order valence-corrected chi connectivity index (χ4v) is 1.10. The lowest BCUT2D eigenvalue weighted by Crippen LogP contribution is -2.09. The average Bonchev–Trinajstić information content (AvgIpc) is 2.49. The summed E-state index contributed by atoms with van der Waals surface area (Å²) in [5.41, 5.74) is 1.08. The summed E-state index contributed by atoms with van der Waals surface area (Å²) in [5, 5.41) is 0. The maximum absolute atomic E-state index is 10.8. The van der Waals surface area contributed by atoms with E-state index < -0.39 is 0 Å². The van der Waals surface area contributed by atoms with Crippen molar-refractivity contribution in [2.45, 2.75) is 34.6 Å². The van der Waals surface area contributed by atoms with Gasteiger partial charge >= 0.3 is 0 Å². The van der Waals surface area contributed by atoms with E-state index in [2.05, 4.69) is 24.7 Å². The van der Waals surface area contributed by atoms with Crippen LogP contribution in [0.1, 0.15) is 34.6 Å². The van der Waals surface area contributed by atoms with Crippen molar-refractivity contribution in [1.29, 1.82) is 0 Å². The number of hydrogen-bond donors (Lipinski definition) is 0. The Morgan fingerprint density at radius 1 is 1.15 bits per heavy atom. The SMILES string of the molecule is C=CC1=C(C=C)OC(=C)C(/C=C\C(C)=O)=N1.CC.CC. The summed E-state index contributed by atoms with van der Waals surface area (Å²) in [5.74, 6) is 0.840. The molecule has 0 amide bonds. The summed E-state index contributed by atoms with van der Waals surface area (Å²) in [6.07, 6.45) is 6.07. The lowest BCUT2D eigenvalue weighted by Gasteiger charge is -2.16. The molecule has 1 rings (SSSR count). The molecule has 0 saturated heterocycles. The maximum atomic E-state index is 10.8. The zero-order valence-electron chi connectivity index (χ0n) is 13.2. The Balaban J connectivity index is 0. The van der Waals surface area contributed by atoms with Crippen LogP contribution in [0.3, 0.4) is 0 Å². The Morgan fingerprint density at radius 2 is 1.70 bits per heavy atom. The van der Waals surface area contributed by atoms with Gasteiger partial charge in [0.2, 0.25) is 0 Å². The molecular weight excluding hydrogens is 250 g/mol. The van der Waals surface area contributed by atoms with Crippen LogP contribution >= 0.6 is 0 Å². The van der Waals surface area contributed by atoms with Gasteiger partial charge < -0.3 is 4.74 Å². The molecule has 1 aliphatic rings. The van der Waals surface area contributed by atoms with Crippen molar-refractivity contribution in [2.24, 2.45) is 4.99 Å². The first-order valence-electron chi connectivity index (χ1n) is 6.72. The molecule has 0 N–H and O–H groups in total. The Hall–Kier alpha value is -2.16. The van der Waals surface area contributed by atoms with E-state index in [0.717, 1.165) is 0 Å². The van der Waals surface area contributed by atoms with E-state index in [-0.39, 0.29) is 5.78 Å². The van der Waals surface area contributed by atoms with E-state index in [1.165, 1.54) is 19.1 Å². The first kappa shape index (κ1) is 20.2. The minimum Gasteiger partial charge on any atom is -0.453 e. The molecule has 0 unspecified atom stereocenters. The third-order valence-corrected chi connectivity index (χ3v) is 1.87. The summed E-state index contributed by atoms with van der Waals surface area (Å²) in [4.78, 5) is 15.1. The van der Waals surface area contributed by atoms with Crippen LogP contribution < -0.4 is 0 Å². The first-order valence-corrected chi connectivity index (χ1v) is 6.72. The van der Waals surface area contributed by atoms with Gasteiger partial charge in [0.15, 0.2) is 11.5 Å². The van der Waals surface area contributed by atoms with Gasteiger partial charge in [-0.15, -0.1) is 0 Å². The third kappa shape index (κ3) is 6.69. The highest BCUT2D eigenvalue weighted by Crippen LogP contribution is 2.21. The molecule has 0 aromatic carbocycles. The van der Waals surface area contributed by atoms with Gasteiger partial charge in [-0.2, -0.15) is 0 Å². The molecule has 1 aliphatic heterocycles. The van der Waals surface area contributed by atoms with E-state index in [4.69, 9.17) is 4.74 Å². The number of allylic oxidation sites excluding steroid dienone is 4. The van der Waals surface area contributed by atoms with Crippen molar-refractivity contribution in [3.63, 3.8) is 0 Å². The molecule has 1 heterocycles. The zero-order valence-corrected chi connectivity index (χ0v) is 13.2. The molecule has 0 fully saturated rings. The van der Waals surface area contributed by atoms with Crippen molar-refractivity contribution < 1.29 is 9.53 Å². The summed E-state index contributed by atoms with van der Waals surface area (Å²) in [6, 6.07) is 0. The first-order chi connectivity index (χ1) is 9.58. The van der Waals surface area contributed by atoms with E-state index in [0.29, 0.717) is 22.9 Å². The topological polar surface area (TPSA) is 38.7 Å². The van der Waals surface area contributed by atoms with E-state index in [9.17, 15) is 4.79 Å². The number of nitrogens with zero attached hydrogens (tertiary/aromatic N) is 1. The number of carbonyl (C=O) groups is 1. The maximum Gasteiger partial charge on any atom is 0.152 e. The molecule has 0 bridgehead atoms. The molecular formula is C17H25NO2. The second-order valence-corrected chi connectivity index (χ2v) is 3.12. The molecule has 110 valence electrons.